The van der Waals surface area contributed by atoms with Gasteiger partial charge in [-0.2, -0.15) is 5.10 Å². The molecule has 8 nitrogen and oxygen atoms in total. The monoisotopic (exact) mass is 466 g/mol. The number of nitrogens with one attached hydrogen (secondary N) is 1. The van der Waals surface area contributed by atoms with Crippen LogP contribution in [0, 0.1) is 5.82 Å². The Balaban J connectivity index is 1.47. The van der Waals surface area contributed by atoms with E-state index in [-0.39, 0.29) is 10.7 Å². The predicted molar refractivity (Wildman–Crippen MR) is 126 cm³/mol. The van der Waals surface area contributed by atoms with E-state index in [1.165, 1.54) is 6.07 Å². The number of carbonyl (C=O) groups is 2. The van der Waals surface area contributed by atoms with Gasteiger partial charge in [-0.15, -0.1) is 0 Å². The number of anilines is 1. The largest absolute Gasteiger partial charge is 0.366 e. The van der Waals surface area contributed by atoms with Gasteiger partial charge in [-0.1, -0.05) is 6.07 Å². The zero-order chi connectivity index (χ0) is 23.3. The van der Waals surface area contributed by atoms with Gasteiger partial charge >= 0.3 is 0 Å². The number of imidazole rings is 1. The minimum Gasteiger partial charge on any atom is -0.366 e. The third-order valence-electron chi connectivity index (χ3n) is 6.25. The first-order valence-electron chi connectivity index (χ1n) is 10.7. The van der Waals surface area contributed by atoms with Gasteiger partial charge in [0.2, 0.25) is 0 Å². The number of thioether (sulfide) groups is 1. The molecule has 2 aromatic heterocycles. The Bertz CT molecular complexity index is 1290. The molecule has 2 fully saturated rings. The number of imide groups is 1. The zero-order valence-electron chi connectivity index (χ0n) is 18.4. The normalized spacial score (nSPS) is 23.0. The number of hydrogen-bond acceptors (Lipinski definition) is 7. The SMILES string of the molecule is C[C@@H]1CN(c2ccc(-c3cnc4ccc(/C=C5\SC(=O)NC5=O)nn34)cc2F)C[C@H](C)N1C. The van der Waals surface area contributed by atoms with Crippen LogP contribution < -0.4 is 10.2 Å². The molecule has 2 saturated heterocycles. The lowest BCUT2D eigenvalue weighted by molar-refractivity contribution is -0.115. The van der Waals surface area contributed by atoms with E-state index in [9.17, 15) is 9.59 Å². The van der Waals surface area contributed by atoms with Gasteiger partial charge in [0.15, 0.2) is 5.65 Å². The zero-order valence-corrected chi connectivity index (χ0v) is 19.3. The Morgan fingerprint density at radius 3 is 2.58 bits per heavy atom. The highest BCUT2D eigenvalue weighted by Crippen LogP contribution is 2.30. The fourth-order valence-corrected chi connectivity index (χ4v) is 4.91. The maximum absolute atomic E-state index is 15.2. The summed E-state index contributed by atoms with van der Waals surface area (Å²) in [5, 5.41) is 6.36. The molecule has 2 amide bonds. The van der Waals surface area contributed by atoms with Gasteiger partial charge < -0.3 is 4.90 Å². The lowest BCUT2D eigenvalue weighted by Crippen LogP contribution is -2.55. The molecule has 2 aliphatic heterocycles. The van der Waals surface area contributed by atoms with Crippen molar-refractivity contribution < 1.29 is 14.0 Å². The van der Waals surface area contributed by atoms with Crippen LogP contribution in [0.2, 0.25) is 0 Å². The molecule has 1 N–H and O–H groups in total. The highest BCUT2D eigenvalue weighted by atomic mass is 32.2. The van der Waals surface area contributed by atoms with Crippen LogP contribution in [0.15, 0.2) is 41.4 Å². The molecule has 2 atom stereocenters. The van der Waals surface area contributed by atoms with E-state index in [1.54, 1.807) is 28.9 Å². The molecule has 1 aromatic carbocycles. The standard InChI is InChI=1S/C23H23FN6O2S/c1-13-11-29(12-14(2)28(13)3)18-6-4-15(8-17(18)24)19-10-25-21-7-5-16(27-30(19)21)9-20-22(31)26-23(32)33-20/h4-10,13-14H,11-12H2,1-3H3,(H,26,31,32)/b20-9-/t13-,14+. The Labute approximate surface area is 194 Å². The smallest absolute Gasteiger partial charge is 0.290 e. The van der Waals surface area contributed by atoms with Crippen LogP contribution in [-0.2, 0) is 4.79 Å². The quantitative estimate of drug-likeness (QED) is 0.593. The first-order valence-corrected chi connectivity index (χ1v) is 11.5. The Morgan fingerprint density at radius 1 is 1.15 bits per heavy atom. The fourth-order valence-electron chi connectivity index (χ4n) is 4.24. The van der Waals surface area contributed by atoms with Crippen molar-refractivity contribution in [3.05, 3.63) is 52.9 Å². The summed E-state index contributed by atoms with van der Waals surface area (Å²) in [7, 11) is 2.10. The van der Waals surface area contributed by atoms with Crippen molar-refractivity contribution in [1.82, 2.24) is 24.8 Å². The summed E-state index contributed by atoms with van der Waals surface area (Å²) in [6.07, 6.45) is 3.20. The van der Waals surface area contributed by atoms with E-state index < -0.39 is 11.1 Å². The second-order valence-electron chi connectivity index (χ2n) is 8.46. The molecule has 4 heterocycles. The molecule has 5 rings (SSSR count). The van der Waals surface area contributed by atoms with E-state index in [2.05, 4.69) is 46.1 Å². The van der Waals surface area contributed by atoms with Crippen molar-refractivity contribution in [3.63, 3.8) is 0 Å². The number of halogens is 1. The van der Waals surface area contributed by atoms with Crippen molar-refractivity contribution in [2.75, 3.05) is 25.0 Å². The topological polar surface area (TPSA) is 82.8 Å². The Morgan fingerprint density at radius 2 is 1.91 bits per heavy atom. The number of nitrogens with zero attached hydrogens (tertiary/aromatic N) is 5. The number of carbonyl (C=O) groups excluding carboxylic acids is 2. The first kappa shape index (κ1) is 21.6. The number of fused-ring (bicyclic) bond motifs is 1. The van der Waals surface area contributed by atoms with Crippen molar-refractivity contribution in [3.8, 4) is 11.3 Å². The van der Waals surface area contributed by atoms with Crippen molar-refractivity contribution in [1.29, 1.82) is 0 Å². The minimum atomic E-state index is -0.442. The highest BCUT2D eigenvalue weighted by Gasteiger charge is 2.28. The van der Waals surface area contributed by atoms with E-state index >= 15 is 4.39 Å². The van der Waals surface area contributed by atoms with Crippen molar-refractivity contribution >= 4 is 40.3 Å². The fraction of sp³-hybridized carbons (Fsp3) is 0.304. The maximum atomic E-state index is 15.2. The van der Waals surface area contributed by atoms with E-state index in [0.29, 0.717) is 40.4 Å². The molecule has 10 heteroatoms. The number of likely N-dealkylation sites (N-methyl/N-ethyl adjacent to an activating group) is 1. The molecule has 0 bridgehead atoms. The van der Waals surface area contributed by atoms with Gasteiger partial charge in [0.25, 0.3) is 11.1 Å². The van der Waals surface area contributed by atoms with Gasteiger partial charge in [-0.3, -0.25) is 19.8 Å². The Kier molecular flexibility index (Phi) is 5.41. The van der Waals surface area contributed by atoms with E-state index in [1.807, 2.05) is 12.1 Å². The Hall–Kier alpha value is -3.24. The van der Waals surface area contributed by atoms with Crippen LogP contribution in [0.25, 0.3) is 23.0 Å². The van der Waals surface area contributed by atoms with E-state index in [4.69, 9.17) is 0 Å². The van der Waals surface area contributed by atoms with Crippen LogP contribution in [0.4, 0.5) is 14.9 Å². The summed E-state index contributed by atoms with van der Waals surface area (Å²) < 4.78 is 16.8. The number of hydrogen-bond donors (Lipinski definition) is 1. The third kappa shape index (κ3) is 4.00. The average Bonchev–Trinajstić information content (AvgIpc) is 3.33. The number of piperazine rings is 1. The van der Waals surface area contributed by atoms with Gasteiger partial charge in [-0.25, -0.2) is 13.9 Å². The number of amides is 2. The number of rotatable bonds is 3. The average molecular weight is 467 g/mol. The predicted octanol–water partition coefficient (Wildman–Crippen LogP) is 3.39. The second-order valence-corrected chi connectivity index (χ2v) is 9.47. The second kappa shape index (κ2) is 8.27. The van der Waals surface area contributed by atoms with Crippen LogP contribution in [0.3, 0.4) is 0 Å². The molecule has 0 radical (unpaired) electrons. The van der Waals surface area contributed by atoms with Crippen LogP contribution >= 0.6 is 11.8 Å². The van der Waals surface area contributed by atoms with Gasteiger partial charge in [0, 0.05) is 30.7 Å². The minimum absolute atomic E-state index is 0.277. The van der Waals surface area contributed by atoms with Crippen molar-refractivity contribution in [2.24, 2.45) is 0 Å². The number of benzene rings is 1. The highest BCUT2D eigenvalue weighted by molar-refractivity contribution is 8.18. The summed E-state index contributed by atoms with van der Waals surface area (Å²) in [4.78, 5) is 32.3. The maximum Gasteiger partial charge on any atom is 0.290 e. The molecule has 0 saturated carbocycles. The summed E-state index contributed by atoms with van der Waals surface area (Å²) in [5.41, 5.74) is 2.96. The summed E-state index contributed by atoms with van der Waals surface area (Å²) in [6.45, 7) is 5.83. The first-order chi connectivity index (χ1) is 15.8. The molecule has 0 spiro atoms. The van der Waals surface area contributed by atoms with Crippen LogP contribution in [-0.4, -0.2) is 62.9 Å². The molecule has 170 valence electrons. The summed E-state index contributed by atoms with van der Waals surface area (Å²) in [6, 6.07) is 9.35. The number of aromatic nitrogens is 3. The lowest BCUT2D eigenvalue weighted by atomic mass is 10.1. The third-order valence-corrected chi connectivity index (χ3v) is 7.06. The van der Waals surface area contributed by atoms with Gasteiger partial charge in [-0.05, 0) is 63.0 Å². The van der Waals surface area contributed by atoms with Gasteiger partial charge in [0.05, 0.1) is 28.2 Å². The van der Waals surface area contributed by atoms with Crippen molar-refractivity contribution in [2.45, 2.75) is 25.9 Å². The molecule has 0 unspecified atom stereocenters. The van der Waals surface area contributed by atoms with E-state index in [0.717, 1.165) is 24.9 Å². The summed E-state index contributed by atoms with van der Waals surface area (Å²) in [5.74, 6) is -0.731. The molecule has 3 aromatic rings. The molecule has 2 aliphatic rings. The summed E-state index contributed by atoms with van der Waals surface area (Å²) >= 11 is 0.833. The molecular formula is C23H23FN6O2S. The molecule has 33 heavy (non-hydrogen) atoms. The van der Waals surface area contributed by atoms with Crippen LogP contribution in [0.1, 0.15) is 19.5 Å². The molecular weight excluding hydrogens is 443 g/mol. The molecule has 0 aliphatic carbocycles. The van der Waals surface area contributed by atoms with Gasteiger partial charge in [0.1, 0.15) is 5.82 Å². The van der Waals surface area contributed by atoms with Crippen LogP contribution in [0.5, 0.6) is 0 Å². The lowest BCUT2D eigenvalue weighted by Gasteiger charge is -2.43.